The molecule has 2 aromatic carbocycles. The highest BCUT2D eigenvalue weighted by molar-refractivity contribution is 7.21. The van der Waals surface area contributed by atoms with Gasteiger partial charge in [-0.1, -0.05) is 17.7 Å². The first-order chi connectivity index (χ1) is 21.7. The van der Waals surface area contributed by atoms with Gasteiger partial charge in [0.2, 0.25) is 0 Å². The molecule has 11 heteroatoms. The van der Waals surface area contributed by atoms with Gasteiger partial charge in [0, 0.05) is 43.5 Å². The van der Waals surface area contributed by atoms with Gasteiger partial charge in [-0.2, -0.15) is 0 Å². The molecular weight excluding hydrogens is 618 g/mol. The Bertz CT molecular complexity index is 1700. The Kier molecular flexibility index (Phi) is 10.4. The second-order valence-corrected chi connectivity index (χ2v) is 12.5. The molecule has 2 heterocycles. The predicted molar refractivity (Wildman–Crippen MR) is 175 cm³/mol. The van der Waals surface area contributed by atoms with Gasteiger partial charge in [0.1, 0.15) is 28.0 Å². The summed E-state index contributed by atoms with van der Waals surface area (Å²) in [4.78, 5) is 35.2. The number of ether oxygens (including phenoxy) is 1. The molecule has 0 bridgehead atoms. The summed E-state index contributed by atoms with van der Waals surface area (Å²) in [7, 11) is 3.51. The molecule has 0 unspecified atom stereocenters. The topological polar surface area (TPSA) is 74.8 Å². The number of pyridine rings is 1. The fourth-order valence-electron chi connectivity index (χ4n) is 6.07. The van der Waals surface area contributed by atoms with Crippen LogP contribution in [0.2, 0.25) is 5.02 Å². The third kappa shape index (κ3) is 6.68. The van der Waals surface area contributed by atoms with E-state index in [1.807, 2.05) is 45.2 Å². The SMILES string of the molecule is CCN(CC)C(=O)c1cc(-c2ccc(OC)c(CN(C(=O)c3sc4c(F)ccc(F)c4c3Cl)C3CCC(NC)CC3)c2)ccn1. The summed E-state index contributed by atoms with van der Waals surface area (Å²) in [6.45, 7) is 5.21. The van der Waals surface area contributed by atoms with Gasteiger partial charge in [0.25, 0.3) is 11.8 Å². The quantitative estimate of drug-likeness (QED) is 0.191. The first kappa shape index (κ1) is 32.8. The monoisotopic (exact) mass is 654 g/mol. The zero-order chi connectivity index (χ0) is 32.2. The number of hydrogen-bond donors (Lipinski definition) is 1. The Balaban J connectivity index is 1.54. The molecule has 7 nitrogen and oxygen atoms in total. The Morgan fingerprint density at radius 2 is 1.69 bits per heavy atom. The summed E-state index contributed by atoms with van der Waals surface area (Å²) < 4.78 is 35.2. The summed E-state index contributed by atoms with van der Waals surface area (Å²) in [6.07, 6.45) is 4.89. The van der Waals surface area contributed by atoms with E-state index in [1.54, 1.807) is 29.2 Å². The van der Waals surface area contributed by atoms with E-state index in [0.29, 0.717) is 30.6 Å². The number of halogens is 3. The molecule has 1 fully saturated rings. The van der Waals surface area contributed by atoms with Gasteiger partial charge in [0.15, 0.2) is 0 Å². The van der Waals surface area contributed by atoms with E-state index in [1.165, 1.54) is 0 Å². The number of methoxy groups -OCH3 is 1. The van der Waals surface area contributed by atoms with Crippen LogP contribution in [0.3, 0.4) is 0 Å². The van der Waals surface area contributed by atoms with E-state index in [2.05, 4.69) is 10.3 Å². The summed E-state index contributed by atoms with van der Waals surface area (Å²) in [5, 5.41) is 3.18. The van der Waals surface area contributed by atoms with Crippen molar-refractivity contribution in [2.75, 3.05) is 27.2 Å². The molecule has 238 valence electrons. The van der Waals surface area contributed by atoms with Crippen LogP contribution in [0.15, 0.2) is 48.7 Å². The number of nitrogens with one attached hydrogen (secondary N) is 1. The molecule has 2 amide bonds. The Hall–Kier alpha value is -3.60. The number of carbonyl (C=O) groups is 2. The number of amides is 2. The lowest BCUT2D eigenvalue weighted by molar-refractivity contribution is 0.0604. The summed E-state index contributed by atoms with van der Waals surface area (Å²) in [5.41, 5.74) is 2.74. The van der Waals surface area contributed by atoms with Gasteiger partial charge < -0.3 is 19.9 Å². The standard InChI is InChI=1S/C34H37ClF2N4O3S/c1-5-40(6-2)33(42)27-18-21(15-16-39-27)20-7-14-28(44-4)22(17-20)19-41(24-10-8-23(38-3)9-11-24)34(43)32-30(35)29-25(36)12-13-26(37)31(29)45-32/h7,12-18,23-24,38H,5-6,8-11,19H2,1-4H3. The second kappa shape index (κ2) is 14.2. The maximum atomic E-state index is 14.7. The molecule has 0 saturated heterocycles. The first-order valence-corrected chi connectivity index (χ1v) is 16.4. The normalized spacial score (nSPS) is 16.5. The maximum absolute atomic E-state index is 14.7. The van der Waals surface area contributed by atoms with Crippen molar-refractivity contribution in [1.29, 1.82) is 0 Å². The number of aromatic nitrogens is 1. The van der Waals surface area contributed by atoms with Crippen molar-refractivity contribution in [3.63, 3.8) is 0 Å². The van der Waals surface area contributed by atoms with E-state index in [4.69, 9.17) is 16.3 Å². The molecule has 0 radical (unpaired) electrons. The fourth-order valence-corrected chi connectivity index (χ4v) is 7.58. The molecule has 1 saturated carbocycles. The third-order valence-electron chi connectivity index (χ3n) is 8.67. The van der Waals surface area contributed by atoms with Gasteiger partial charge >= 0.3 is 0 Å². The number of carbonyl (C=O) groups excluding carboxylic acids is 2. The van der Waals surface area contributed by atoms with Crippen molar-refractivity contribution in [2.24, 2.45) is 0 Å². The molecule has 0 spiro atoms. The lowest BCUT2D eigenvalue weighted by atomic mass is 9.89. The zero-order valence-corrected chi connectivity index (χ0v) is 27.4. The van der Waals surface area contributed by atoms with Crippen LogP contribution in [0, 0.1) is 11.6 Å². The number of nitrogens with zero attached hydrogens (tertiary/aromatic N) is 3. The number of thiophene rings is 1. The highest BCUT2D eigenvalue weighted by Gasteiger charge is 2.33. The van der Waals surface area contributed by atoms with Crippen LogP contribution in [0.5, 0.6) is 5.75 Å². The Morgan fingerprint density at radius 1 is 1.00 bits per heavy atom. The van der Waals surface area contributed by atoms with Gasteiger partial charge in [-0.25, -0.2) is 8.78 Å². The molecule has 45 heavy (non-hydrogen) atoms. The van der Waals surface area contributed by atoms with Gasteiger partial charge in [0.05, 0.1) is 22.2 Å². The number of hydrogen-bond acceptors (Lipinski definition) is 6. The molecule has 1 aliphatic carbocycles. The summed E-state index contributed by atoms with van der Waals surface area (Å²) in [5.74, 6) is -1.22. The van der Waals surface area contributed by atoms with Crippen molar-refractivity contribution in [1.82, 2.24) is 20.1 Å². The molecule has 0 atom stereocenters. The molecule has 1 N–H and O–H groups in total. The average molecular weight is 655 g/mol. The maximum Gasteiger partial charge on any atom is 0.272 e. The second-order valence-electron chi connectivity index (χ2n) is 11.1. The highest BCUT2D eigenvalue weighted by atomic mass is 35.5. The van der Waals surface area contributed by atoms with Crippen molar-refractivity contribution in [2.45, 2.75) is 58.2 Å². The van der Waals surface area contributed by atoms with Crippen LogP contribution >= 0.6 is 22.9 Å². The van der Waals surface area contributed by atoms with Gasteiger partial charge in [-0.05, 0) is 94.1 Å². The smallest absolute Gasteiger partial charge is 0.272 e. The van der Waals surface area contributed by atoms with Crippen LogP contribution in [0.1, 0.15) is 65.3 Å². The minimum Gasteiger partial charge on any atom is -0.496 e. The Labute approximate surface area is 271 Å². The van der Waals surface area contributed by atoms with Gasteiger partial charge in [-0.15, -0.1) is 11.3 Å². The van der Waals surface area contributed by atoms with E-state index >= 15 is 0 Å². The summed E-state index contributed by atoms with van der Waals surface area (Å²) >= 11 is 7.47. The van der Waals surface area contributed by atoms with E-state index in [9.17, 15) is 18.4 Å². The van der Waals surface area contributed by atoms with Crippen LogP contribution in [-0.2, 0) is 6.54 Å². The van der Waals surface area contributed by atoms with Crippen molar-refractivity contribution >= 4 is 44.8 Å². The van der Waals surface area contributed by atoms with E-state index < -0.39 is 11.6 Å². The lowest BCUT2D eigenvalue weighted by Gasteiger charge is -2.37. The molecule has 2 aromatic heterocycles. The van der Waals surface area contributed by atoms with Crippen LogP contribution < -0.4 is 10.1 Å². The van der Waals surface area contributed by atoms with Gasteiger partial charge in [-0.3, -0.25) is 14.6 Å². The highest BCUT2D eigenvalue weighted by Crippen LogP contribution is 2.40. The third-order valence-corrected chi connectivity index (χ3v) is 10.3. The van der Waals surface area contributed by atoms with Crippen LogP contribution in [0.25, 0.3) is 21.2 Å². The minimum atomic E-state index is -0.668. The van der Waals surface area contributed by atoms with Crippen LogP contribution in [-0.4, -0.2) is 65.9 Å². The minimum absolute atomic E-state index is 0.0227. The first-order valence-electron chi connectivity index (χ1n) is 15.2. The fraction of sp³-hybridized carbons (Fsp3) is 0.382. The Morgan fingerprint density at radius 3 is 2.33 bits per heavy atom. The molecule has 1 aliphatic rings. The van der Waals surface area contributed by atoms with Crippen molar-refractivity contribution in [3.8, 4) is 16.9 Å². The summed E-state index contributed by atoms with van der Waals surface area (Å²) in [6, 6.07) is 11.6. The number of fused-ring (bicyclic) bond motifs is 1. The number of benzene rings is 2. The predicted octanol–water partition coefficient (Wildman–Crippen LogP) is 7.56. The number of rotatable bonds is 10. The van der Waals surface area contributed by atoms with Crippen LogP contribution in [0.4, 0.5) is 8.78 Å². The molecule has 4 aromatic rings. The molecular formula is C34H37ClF2N4O3S. The average Bonchev–Trinajstić information content (AvgIpc) is 3.43. The largest absolute Gasteiger partial charge is 0.496 e. The van der Waals surface area contributed by atoms with Crippen molar-refractivity contribution < 1.29 is 23.1 Å². The van der Waals surface area contributed by atoms with E-state index in [-0.39, 0.29) is 44.4 Å². The lowest BCUT2D eigenvalue weighted by Crippen LogP contribution is -2.44. The molecule has 5 rings (SSSR count). The van der Waals surface area contributed by atoms with Crippen molar-refractivity contribution in [3.05, 3.63) is 81.5 Å². The zero-order valence-electron chi connectivity index (χ0n) is 25.8. The molecule has 0 aliphatic heterocycles. The van der Waals surface area contributed by atoms with E-state index in [0.717, 1.165) is 65.8 Å².